The summed E-state index contributed by atoms with van der Waals surface area (Å²) in [4.78, 5) is 22.5. The number of nitrogens with one attached hydrogen (secondary N) is 1. The van der Waals surface area contributed by atoms with E-state index in [1.807, 2.05) is 23.1 Å². The minimum atomic E-state index is -0.285. The molecular weight excluding hydrogens is 459 g/mol. The van der Waals surface area contributed by atoms with Crippen molar-refractivity contribution in [1.29, 1.82) is 0 Å². The number of amides is 1. The summed E-state index contributed by atoms with van der Waals surface area (Å²) < 4.78 is 27.4. The van der Waals surface area contributed by atoms with Crippen LogP contribution in [0.3, 0.4) is 0 Å². The predicted molar refractivity (Wildman–Crippen MR) is 137 cm³/mol. The highest BCUT2D eigenvalue weighted by molar-refractivity contribution is 6.00. The summed E-state index contributed by atoms with van der Waals surface area (Å²) in [7, 11) is 0. The van der Waals surface area contributed by atoms with Crippen LogP contribution in [0.5, 0.6) is 0 Å². The van der Waals surface area contributed by atoms with Crippen LogP contribution >= 0.6 is 0 Å². The Morgan fingerprint density at radius 2 is 2.00 bits per heavy atom. The van der Waals surface area contributed by atoms with Crippen LogP contribution in [0, 0.1) is 11.7 Å². The molecule has 7 nitrogen and oxygen atoms in total. The average Bonchev–Trinajstić information content (AvgIpc) is 3.05. The van der Waals surface area contributed by atoms with Crippen molar-refractivity contribution in [2.45, 2.75) is 83.3 Å². The molecule has 2 atom stereocenters. The van der Waals surface area contributed by atoms with Gasteiger partial charge in [-0.25, -0.2) is 9.37 Å². The second kappa shape index (κ2) is 9.63. The van der Waals surface area contributed by atoms with E-state index in [2.05, 4.69) is 29.0 Å². The molecule has 5 heterocycles. The van der Waals surface area contributed by atoms with Gasteiger partial charge in [0, 0.05) is 30.3 Å². The molecule has 4 fully saturated rings. The summed E-state index contributed by atoms with van der Waals surface area (Å²) in [5.74, 6) is 0.405. The SMILES string of the molecule is CC(C)OC1CCC(C(=O)N2Cc3cccnc3Nc3cc(F)c(N4CC5CCC4CO5)cc32)CC1. The van der Waals surface area contributed by atoms with Crippen molar-refractivity contribution in [3.05, 3.63) is 41.8 Å². The maximum absolute atomic E-state index is 15.6. The molecule has 1 aromatic carbocycles. The molecule has 3 saturated heterocycles. The Balaban J connectivity index is 1.33. The van der Waals surface area contributed by atoms with Crippen LogP contribution in [0.15, 0.2) is 30.5 Å². The molecule has 0 spiro atoms. The van der Waals surface area contributed by atoms with Gasteiger partial charge >= 0.3 is 0 Å². The topological polar surface area (TPSA) is 66.9 Å². The lowest BCUT2D eigenvalue weighted by molar-refractivity contribution is -0.124. The molecule has 1 saturated carbocycles. The van der Waals surface area contributed by atoms with Crippen LogP contribution in [-0.4, -0.2) is 48.4 Å². The van der Waals surface area contributed by atoms with Gasteiger partial charge in [-0.1, -0.05) is 6.07 Å². The van der Waals surface area contributed by atoms with E-state index >= 15 is 4.39 Å². The van der Waals surface area contributed by atoms with Gasteiger partial charge in [-0.3, -0.25) is 4.79 Å². The Morgan fingerprint density at radius 1 is 1.17 bits per heavy atom. The summed E-state index contributed by atoms with van der Waals surface area (Å²) in [6, 6.07) is 7.43. The first-order chi connectivity index (χ1) is 17.5. The Bertz CT molecular complexity index is 1130. The zero-order chi connectivity index (χ0) is 24.8. The fourth-order valence-corrected chi connectivity index (χ4v) is 6.25. The lowest BCUT2D eigenvalue weighted by Gasteiger charge is -2.46. The number of ether oxygens (including phenoxy) is 2. The number of benzene rings is 1. The minimum Gasteiger partial charge on any atom is -0.376 e. The Hall–Kier alpha value is -2.71. The summed E-state index contributed by atoms with van der Waals surface area (Å²) in [5, 5.41) is 3.32. The standard InChI is InChI=1S/C28H35FN4O3/c1-17(2)36-21-8-5-18(6-9-21)28(34)33-14-19-4-3-11-30-27(19)31-24-12-23(29)25(13-26(24)33)32-15-22-10-7-20(32)16-35-22/h3-4,11-13,17-18,20-22H,5-10,14-16H2,1-2H3,(H,30,31). The number of fused-ring (bicyclic) bond motifs is 5. The van der Waals surface area contributed by atoms with E-state index in [1.54, 1.807) is 6.20 Å². The molecule has 5 aliphatic rings. The van der Waals surface area contributed by atoms with E-state index in [0.29, 0.717) is 36.9 Å². The fraction of sp³-hybridized carbons (Fsp3) is 0.571. The maximum atomic E-state index is 15.6. The molecule has 36 heavy (non-hydrogen) atoms. The van der Waals surface area contributed by atoms with Crippen LogP contribution in [0.2, 0.25) is 0 Å². The lowest BCUT2D eigenvalue weighted by atomic mass is 9.86. The first-order valence-corrected chi connectivity index (χ1v) is 13.4. The summed E-state index contributed by atoms with van der Waals surface area (Å²) in [6.45, 7) is 5.83. The Morgan fingerprint density at radius 3 is 2.69 bits per heavy atom. The van der Waals surface area contributed by atoms with Crippen molar-refractivity contribution in [3.8, 4) is 0 Å². The van der Waals surface area contributed by atoms with Crippen LogP contribution in [0.1, 0.15) is 57.9 Å². The number of anilines is 4. The molecule has 2 bridgehead atoms. The molecule has 8 heteroatoms. The third kappa shape index (κ3) is 4.45. The van der Waals surface area contributed by atoms with Gasteiger partial charge in [0.15, 0.2) is 0 Å². The normalized spacial score (nSPS) is 27.3. The highest BCUT2D eigenvalue weighted by atomic mass is 19.1. The average molecular weight is 495 g/mol. The molecular formula is C28H35FN4O3. The van der Waals surface area contributed by atoms with Crippen LogP contribution in [-0.2, 0) is 20.8 Å². The number of carbonyl (C=O) groups is 1. The molecule has 1 aliphatic carbocycles. The fourth-order valence-electron chi connectivity index (χ4n) is 6.25. The van der Waals surface area contributed by atoms with Gasteiger partial charge < -0.3 is 24.6 Å². The van der Waals surface area contributed by atoms with Crippen LogP contribution < -0.4 is 15.1 Å². The molecule has 0 radical (unpaired) electrons. The Kier molecular flexibility index (Phi) is 6.33. The highest BCUT2D eigenvalue weighted by Crippen LogP contribution is 2.43. The molecule has 1 N–H and O–H groups in total. The summed E-state index contributed by atoms with van der Waals surface area (Å²) in [5.41, 5.74) is 2.78. The van der Waals surface area contributed by atoms with Crippen LogP contribution in [0.4, 0.5) is 27.3 Å². The van der Waals surface area contributed by atoms with E-state index in [-0.39, 0.29) is 42.0 Å². The minimum absolute atomic E-state index is 0.0732. The van der Waals surface area contributed by atoms with E-state index in [0.717, 1.165) is 49.8 Å². The summed E-state index contributed by atoms with van der Waals surface area (Å²) in [6.07, 6.45) is 7.66. The van der Waals surface area contributed by atoms with Crippen molar-refractivity contribution in [1.82, 2.24) is 4.98 Å². The number of aromatic nitrogens is 1. The van der Waals surface area contributed by atoms with Crippen molar-refractivity contribution in [2.24, 2.45) is 5.92 Å². The van der Waals surface area contributed by atoms with Crippen molar-refractivity contribution >= 4 is 28.8 Å². The van der Waals surface area contributed by atoms with Gasteiger partial charge in [0.25, 0.3) is 0 Å². The second-order valence-corrected chi connectivity index (χ2v) is 10.9. The van der Waals surface area contributed by atoms with E-state index in [9.17, 15) is 4.79 Å². The molecule has 2 unspecified atom stereocenters. The second-order valence-electron chi connectivity index (χ2n) is 10.9. The number of morpholine rings is 1. The molecule has 4 aliphatic heterocycles. The molecule has 7 rings (SSSR count). The molecule has 2 aromatic rings. The molecule has 192 valence electrons. The Labute approximate surface area is 212 Å². The molecule has 1 amide bonds. The lowest BCUT2D eigenvalue weighted by Crippen LogP contribution is -2.54. The van der Waals surface area contributed by atoms with Gasteiger partial charge in [-0.15, -0.1) is 0 Å². The predicted octanol–water partition coefficient (Wildman–Crippen LogP) is 5.16. The highest BCUT2D eigenvalue weighted by Gasteiger charge is 2.38. The van der Waals surface area contributed by atoms with Crippen LogP contribution in [0.25, 0.3) is 0 Å². The number of nitrogens with zero attached hydrogens (tertiary/aromatic N) is 3. The summed E-state index contributed by atoms with van der Waals surface area (Å²) >= 11 is 0. The first-order valence-electron chi connectivity index (χ1n) is 13.4. The third-order valence-corrected chi connectivity index (χ3v) is 8.08. The number of piperidine rings is 1. The zero-order valence-electron chi connectivity index (χ0n) is 21.1. The van der Waals surface area contributed by atoms with E-state index in [1.165, 1.54) is 6.07 Å². The number of halogens is 1. The van der Waals surface area contributed by atoms with Crippen molar-refractivity contribution < 1.29 is 18.7 Å². The first kappa shape index (κ1) is 23.7. The third-order valence-electron chi connectivity index (χ3n) is 8.08. The number of carbonyl (C=O) groups excluding carboxylic acids is 1. The van der Waals surface area contributed by atoms with Gasteiger partial charge in [-0.05, 0) is 64.5 Å². The van der Waals surface area contributed by atoms with Crippen molar-refractivity contribution in [3.63, 3.8) is 0 Å². The monoisotopic (exact) mass is 494 g/mol. The number of rotatable bonds is 4. The smallest absolute Gasteiger partial charge is 0.230 e. The van der Waals surface area contributed by atoms with Gasteiger partial charge in [0.2, 0.25) is 5.91 Å². The van der Waals surface area contributed by atoms with Crippen molar-refractivity contribution in [2.75, 3.05) is 28.3 Å². The van der Waals surface area contributed by atoms with Gasteiger partial charge in [0.1, 0.15) is 11.6 Å². The van der Waals surface area contributed by atoms with E-state index in [4.69, 9.17) is 9.47 Å². The largest absolute Gasteiger partial charge is 0.376 e. The molecule has 1 aromatic heterocycles. The zero-order valence-corrected chi connectivity index (χ0v) is 21.1. The maximum Gasteiger partial charge on any atom is 0.230 e. The number of pyridine rings is 1. The number of hydrogen-bond acceptors (Lipinski definition) is 6. The number of hydrogen-bond donors (Lipinski definition) is 1. The van der Waals surface area contributed by atoms with Gasteiger partial charge in [0.05, 0.1) is 54.6 Å². The van der Waals surface area contributed by atoms with Gasteiger partial charge in [-0.2, -0.15) is 0 Å². The van der Waals surface area contributed by atoms with E-state index < -0.39 is 0 Å². The quantitative estimate of drug-likeness (QED) is 0.633.